The zero-order valence-electron chi connectivity index (χ0n) is 10.5. The first kappa shape index (κ1) is 12.3. The van der Waals surface area contributed by atoms with Crippen LogP contribution in [0, 0.1) is 6.92 Å². The van der Waals surface area contributed by atoms with E-state index < -0.39 is 0 Å². The Morgan fingerprint density at radius 3 is 3.06 bits per heavy atom. The lowest BCUT2D eigenvalue weighted by molar-refractivity contribution is 0.620. The number of unbranched alkanes of at least 4 members (excludes halogenated alkanes) is 1. The van der Waals surface area contributed by atoms with Crippen LogP contribution >= 0.6 is 0 Å². The molecule has 2 heterocycles. The van der Waals surface area contributed by atoms with Gasteiger partial charge in [0.1, 0.15) is 5.82 Å². The van der Waals surface area contributed by atoms with Gasteiger partial charge >= 0.3 is 0 Å². The minimum Gasteiger partial charge on any atom is -0.370 e. The van der Waals surface area contributed by atoms with Gasteiger partial charge in [-0.15, -0.1) is 0 Å². The van der Waals surface area contributed by atoms with E-state index in [0.717, 1.165) is 37.3 Å². The maximum Gasteiger partial charge on any atom is 0.221 e. The van der Waals surface area contributed by atoms with E-state index in [2.05, 4.69) is 24.8 Å². The van der Waals surface area contributed by atoms with E-state index in [1.807, 2.05) is 19.4 Å². The Kier molecular flexibility index (Phi) is 4.11. The predicted molar refractivity (Wildman–Crippen MR) is 71.1 cm³/mol. The zero-order valence-corrected chi connectivity index (χ0v) is 10.5. The number of nitrogen functional groups attached to an aromatic ring is 1. The van der Waals surface area contributed by atoms with E-state index in [4.69, 9.17) is 5.73 Å². The van der Waals surface area contributed by atoms with Crippen LogP contribution in [0.1, 0.15) is 18.4 Å². The molecule has 0 saturated heterocycles. The lowest BCUT2D eigenvalue weighted by atomic mass is 10.3. The van der Waals surface area contributed by atoms with Crippen molar-refractivity contribution in [2.45, 2.75) is 26.3 Å². The number of aromatic nitrogens is 4. The first-order valence-corrected chi connectivity index (χ1v) is 6.04. The summed E-state index contributed by atoms with van der Waals surface area (Å²) in [5.74, 6) is 1.13. The summed E-state index contributed by atoms with van der Waals surface area (Å²) >= 11 is 0. The van der Waals surface area contributed by atoms with Crippen molar-refractivity contribution in [3.63, 3.8) is 0 Å². The molecule has 2 aromatic heterocycles. The predicted octanol–water partition coefficient (Wildman–Crippen LogP) is 1.46. The number of nitrogens with two attached hydrogens (primary N) is 1. The van der Waals surface area contributed by atoms with Gasteiger partial charge in [0.15, 0.2) is 0 Å². The van der Waals surface area contributed by atoms with Crippen LogP contribution in [0.5, 0.6) is 0 Å². The fourth-order valence-electron chi connectivity index (χ4n) is 1.68. The van der Waals surface area contributed by atoms with Crippen molar-refractivity contribution in [3.8, 4) is 0 Å². The van der Waals surface area contributed by atoms with Crippen molar-refractivity contribution >= 4 is 11.8 Å². The molecule has 18 heavy (non-hydrogen) atoms. The molecule has 6 heteroatoms. The number of hydrogen-bond acceptors (Lipinski definition) is 5. The van der Waals surface area contributed by atoms with E-state index in [9.17, 15) is 0 Å². The summed E-state index contributed by atoms with van der Waals surface area (Å²) in [7, 11) is 0. The Labute approximate surface area is 106 Å². The number of nitrogens with zero attached hydrogens (tertiary/aromatic N) is 4. The SMILES string of the molecule is Cc1cnc(N)nc1NCCCCn1ccnc1. The molecule has 2 rings (SSSR count). The molecule has 0 aliphatic carbocycles. The van der Waals surface area contributed by atoms with E-state index >= 15 is 0 Å². The molecule has 0 bridgehead atoms. The van der Waals surface area contributed by atoms with Crippen LogP contribution in [0.2, 0.25) is 0 Å². The lowest BCUT2D eigenvalue weighted by Crippen LogP contribution is -2.08. The van der Waals surface area contributed by atoms with Gasteiger partial charge in [-0.25, -0.2) is 9.97 Å². The zero-order chi connectivity index (χ0) is 12.8. The summed E-state index contributed by atoms with van der Waals surface area (Å²) in [5.41, 5.74) is 6.56. The third-order valence-corrected chi connectivity index (χ3v) is 2.69. The van der Waals surface area contributed by atoms with E-state index in [1.54, 1.807) is 12.4 Å². The number of nitrogens with one attached hydrogen (secondary N) is 1. The van der Waals surface area contributed by atoms with Gasteiger partial charge in [0.2, 0.25) is 5.95 Å². The fourth-order valence-corrected chi connectivity index (χ4v) is 1.68. The second kappa shape index (κ2) is 6.00. The summed E-state index contributed by atoms with van der Waals surface area (Å²) in [6.45, 7) is 3.84. The Hall–Kier alpha value is -2.11. The minimum atomic E-state index is 0.307. The maximum absolute atomic E-state index is 5.55. The molecule has 0 radical (unpaired) electrons. The van der Waals surface area contributed by atoms with Crippen molar-refractivity contribution in [3.05, 3.63) is 30.5 Å². The standard InChI is InChI=1S/C12H18N6/c1-10-8-16-12(13)17-11(10)15-4-2-3-6-18-7-5-14-9-18/h5,7-9H,2-4,6H2,1H3,(H3,13,15,16,17). The van der Waals surface area contributed by atoms with E-state index in [0.29, 0.717) is 5.95 Å². The third-order valence-electron chi connectivity index (χ3n) is 2.69. The lowest BCUT2D eigenvalue weighted by Gasteiger charge is -2.08. The van der Waals surface area contributed by atoms with Crippen LogP contribution in [0.15, 0.2) is 24.9 Å². The highest BCUT2D eigenvalue weighted by molar-refractivity contribution is 5.44. The molecule has 2 aromatic rings. The maximum atomic E-state index is 5.55. The fraction of sp³-hybridized carbons (Fsp3) is 0.417. The van der Waals surface area contributed by atoms with Gasteiger partial charge in [0.05, 0.1) is 6.33 Å². The molecule has 0 atom stereocenters. The van der Waals surface area contributed by atoms with Gasteiger partial charge in [0, 0.05) is 37.2 Å². The van der Waals surface area contributed by atoms with Gasteiger partial charge < -0.3 is 15.6 Å². The Morgan fingerprint density at radius 1 is 1.39 bits per heavy atom. The van der Waals surface area contributed by atoms with Crippen LogP contribution in [0.3, 0.4) is 0 Å². The highest BCUT2D eigenvalue weighted by Crippen LogP contribution is 2.10. The van der Waals surface area contributed by atoms with Crippen molar-refractivity contribution in [2.24, 2.45) is 0 Å². The van der Waals surface area contributed by atoms with Gasteiger partial charge in [-0.05, 0) is 19.8 Å². The first-order valence-electron chi connectivity index (χ1n) is 6.04. The summed E-state index contributed by atoms with van der Waals surface area (Å²) in [4.78, 5) is 12.1. The van der Waals surface area contributed by atoms with Crippen LogP contribution in [-0.4, -0.2) is 26.1 Å². The topological polar surface area (TPSA) is 81.6 Å². The van der Waals surface area contributed by atoms with Crippen molar-refractivity contribution in [1.29, 1.82) is 0 Å². The number of rotatable bonds is 6. The molecule has 0 unspecified atom stereocenters. The van der Waals surface area contributed by atoms with Crippen molar-refractivity contribution in [1.82, 2.24) is 19.5 Å². The van der Waals surface area contributed by atoms with Gasteiger partial charge in [0.25, 0.3) is 0 Å². The molecule has 96 valence electrons. The minimum absolute atomic E-state index is 0.307. The van der Waals surface area contributed by atoms with Crippen LogP contribution < -0.4 is 11.1 Å². The molecular formula is C12H18N6. The highest BCUT2D eigenvalue weighted by atomic mass is 15.1. The second-order valence-electron chi connectivity index (χ2n) is 4.19. The van der Waals surface area contributed by atoms with Crippen LogP contribution in [-0.2, 0) is 6.54 Å². The third kappa shape index (κ3) is 3.44. The van der Waals surface area contributed by atoms with Crippen LogP contribution in [0.4, 0.5) is 11.8 Å². The monoisotopic (exact) mass is 246 g/mol. The van der Waals surface area contributed by atoms with Crippen LogP contribution in [0.25, 0.3) is 0 Å². The van der Waals surface area contributed by atoms with Gasteiger partial charge in [-0.1, -0.05) is 0 Å². The Balaban J connectivity index is 1.70. The number of aryl methyl sites for hydroxylation is 2. The highest BCUT2D eigenvalue weighted by Gasteiger charge is 2.00. The largest absolute Gasteiger partial charge is 0.370 e. The number of hydrogen-bond donors (Lipinski definition) is 2. The number of imidazole rings is 1. The van der Waals surface area contributed by atoms with Crippen molar-refractivity contribution < 1.29 is 0 Å². The average molecular weight is 246 g/mol. The molecule has 3 N–H and O–H groups in total. The molecule has 0 fully saturated rings. The van der Waals surface area contributed by atoms with E-state index in [-0.39, 0.29) is 0 Å². The van der Waals surface area contributed by atoms with Crippen molar-refractivity contribution in [2.75, 3.05) is 17.6 Å². The molecule has 0 saturated carbocycles. The molecule has 6 nitrogen and oxygen atoms in total. The summed E-state index contributed by atoms with van der Waals surface area (Å²) < 4.78 is 2.08. The molecule has 0 amide bonds. The van der Waals surface area contributed by atoms with Gasteiger partial charge in [-0.2, -0.15) is 4.98 Å². The molecule has 0 aliphatic heterocycles. The Morgan fingerprint density at radius 2 is 2.28 bits per heavy atom. The molecule has 0 aliphatic rings. The van der Waals surface area contributed by atoms with Gasteiger partial charge in [-0.3, -0.25) is 0 Å². The molecule has 0 aromatic carbocycles. The smallest absolute Gasteiger partial charge is 0.221 e. The normalized spacial score (nSPS) is 10.5. The average Bonchev–Trinajstić information content (AvgIpc) is 2.86. The quantitative estimate of drug-likeness (QED) is 0.754. The summed E-state index contributed by atoms with van der Waals surface area (Å²) in [5, 5.41) is 3.28. The summed E-state index contributed by atoms with van der Waals surface area (Å²) in [6.07, 6.45) is 9.51. The molecular weight excluding hydrogens is 228 g/mol. The first-order chi connectivity index (χ1) is 8.75. The summed E-state index contributed by atoms with van der Waals surface area (Å²) in [6, 6.07) is 0. The Bertz CT molecular complexity index is 479. The number of anilines is 2. The second-order valence-corrected chi connectivity index (χ2v) is 4.19. The molecule has 0 spiro atoms. The van der Waals surface area contributed by atoms with E-state index in [1.165, 1.54) is 0 Å².